The number of nitrogens with zero attached hydrogens (tertiary/aromatic N) is 5. The van der Waals surface area contributed by atoms with Crippen molar-refractivity contribution in [3.8, 4) is 21.9 Å². The van der Waals surface area contributed by atoms with Crippen molar-refractivity contribution in [2.24, 2.45) is 0 Å². The van der Waals surface area contributed by atoms with Crippen LogP contribution in [0.2, 0.25) is 5.02 Å². The number of aryl methyl sites for hydroxylation is 3. The van der Waals surface area contributed by atoms with Gasteiger partial charge in [0.2, 0.25) is 11.8 Å². The fourth-order valence-electron chi connectivity index (χ4n) is 5.67. The van der Waals surface area contributed by atoms with Crippen molar-refractivity contribution in [3.05, 3.63) is 76.0 Å². The molecule has 0 radical (unpaired) electrons. The fourth-order valence-corrected chi connectivity index (χ4v) is 7.01. The first-order valence-electron chi connectivity index (χ1n) is 12.6. The number of fused-ring (bicyclic) bond motifs is 4. The molecule has 1 fully saturated rings. The predicted molar refractivity (Wildman–Crippen MR) is 147 cm³/mol. The minimum atomic E-state index is -0.0186. The topological polar surface area (TPSA) is 111 Å². The summed E-state index contributed by atoms with van der Waals surface area (Å²) in [5.74, 6) is 1.26. The highest BCUT2D eigenvalue weighted by molar-refractivity contribution is 7.22. The summed E-state index contributed by atoms with van der Waals surface area (Å²) in [6, 6.07) is 11.8. The van der Waals surface area contributed by atoms with Crippen LogP contribution in [-0.2, 0) is 12.8 Å². The van der Waals surface area contributed by atoms with E-state index in [4.69, 9.17) is 26.7 Å². The van der Waals surface area contributed by atoms with Gasteiger partial charge in [0, 0.05) is 35.1 Å². The van der Waals surface area contributed by atoms with Gasteiger partial charge in [-0.25, -0.2) is 4.98 Å². The molecule has 2 aliphatic rings. The van der Waals surface area contributed by atoms with Crippen molar-refractivity contribution in [2.45, 2.75) is 38.6 Å². The van der Waals surface area contributed by atoms with E-state index in [-0.39, 0.29) is 11.9 Å². The van der Waals surface area contributed by atoms with Crippen LogP contribution in [0.1, 0.15) is 52.1 Å². The van der Waals surface area contributed by atoms with E-state index in [1.807, 2.05) is 35.2 Å². The fraction of sp³-hybridized carbons (Fsp3) is 0.250. The predicted octanol–water partition coefficient (Wildman–Crippen LogP) is 6.03. The standard InChI is InChI=1S/C28H23ClN6O2S/c1-14-33-34-27(37-14)21-18(9-8-15-5-2-3-6-17(15)29)32-24-19-7-4-12-35(19)28(36)23(24)22(21)20-13-16-10-11-31-26(30)25(16)38-20/h2-3,5-6,10-11,13,19H,4,7-9,12H2,1H3,(H2,30,31). The molecule has 190 valence electrons. The Hall–Kier alpha value is -3.82. The van der Waals surface area contributed by atoms with Crippen LogP contribution in [-0.4, -0.2) is 37.5 Å². The number of halogens is 1. The lowest BCUT2D eigenvalue weighted by Gasteiger charge is -2.16. The van der Waals surface area contributed by atoms with Crippen LogP contribution in [0.5, 0.6) is 0 Å². The molecule has 1 amide bonds. The van der Waals surface area contributed by atoms with Crippen molar-refractivity contribution in [1.29, 1.82) is 0 Å². The lowest BCUT2D eigenvalue weighted by atomic mass is 9.93. The second-order valence-electron chi connectivity index (χ2n) is 9.67. The summed E-state index contributed by atoms with van der Waals surface area (Å²) in [5.41, 5.74) is 11.0. The number of hydrogen-bond donors (Lipinski definition) is 1. The number of thiophene rings is 1. The highest BCUT2D eigenvalue weighted by atomic mass is 35.5. The number of amides is 1. The monoisotopic (exact) mass is 542 g/mol. The molecule has 1 unspecified atom stereocenters. The molecule has 0 aliphatic carbocycles. The second-order valence-corrected chi connectivity index (χ2v) is 11.1. The molecule has 6 heterocycles. The first-order valence-corrected chi connectivity index (χ1v) is 13.7. The van der Waals surface area contributed by atoms with Crippen LogP contribution < -0.4 is 5.73 Å². The summed E-state index contributed by atoms with van der Waals surface area (Å²) >= 11 is 8.01. The van der Waals surface area contributed by atoms with Gasteiger partial charge in [0.1, 0.15) is 5.82 Å². The Morgan fingerprint density at radius 2 is 2.03 bits per heavy atom. The number of aromatic nitrogens is 4. The van der Waals surface area contributed by atoms with Gasteiger partial charge in [-0.3, -0.25) is 9.78 Å². The van der Waals surface area contributed by atoms with E-state index in [9.17, 15) is 4.79 Å². The molecule has 0 spiro atoms. The van der Waals surface area contributed by atoms with Gasteiger partial charge in [-0.2, -0.15) is 0 Å². The number of rotatable bonds is 5. The van der Waals surface area contributed by atoms with Gasteiger partial charge in [0.05, 0.1) is 33.3 Å². The molecular weight excluding hydrogens is 520 g/mol. The van der Waals surface area contributed by atoms with Gasteiger partial charge in [0.15, 0.2) is 0 Å². The van der Waals surface area contributed by atoms with E-state index in [2.05, 4.69) is 21.2 Å². The van der Waals surface area contributed by atoms with Gasteiger partial charge in [-0.1, -0.05) is 29.8 Å². The normalized spacial score (nSPS) is 16.4. The lowest BCUT2D eigenvalue weighted by molar-refractivity contribution is 0.0776. The quantitative estimate of drug-likeness (QED) is 0.288. The SMILES string of the molecule is Cc1nnc(-c2c(CCc3ccccc3Cl)nc3c(c2-c2cc4ccnc(N)c4s2)C(=O)N2CCCC32)o1. The van der Waals surface area contributed by atoms with Crippen molar-refractivity contribution in [3.63, 3.8) is 0 Å². The summed E-state index contributed by atoms with van der Waals surface area (Å²) < 4.78 is 6.87. The van der Waals surface area contributed by atoms with Gasteiger partial charge in [-0.05, 0) is 54.8 Å². The molecule has 4 aromatic heterocycles. The largest absolute Gasteiger partial charge is 0.421 e. The molecule has 2 aliphatic heterocycles. The average molecular weight is 543 g/mol. The number of benzene rings is 1. The van der Waals surface area contributed by atoms with Crippen LogP contribution in [0.15, 0.2) is 47.0 Å². The molecule has 7 rings (SSSR count). The van der Waals surface area contributed by atoms with Gasteiger partial charge in [-0.15, -0.1) is 21.5 Å². The molecule has 1 saturated heterocycles. The van der Waals surface area contributed by atoms with Crippen LogP contribution in [0.4, 0.5) is 5.82 Å². The number of carbonyl (C=O) groups excluding carboxylic acids is 1. The number of carbonyl (C=O) groups is 1. The third kappa shape index (κ3) is 3.60. The van der Waals surface area contributed by atoms with Crippen LogP contribution >= 0.6 is 22.9 Å². The molecule has 1 aromatic carbocycles. The summed E-state index contributed by atoms with van der Waals surface area (Å²) in [5, 5.41) is 10.2. The Bertz CT molecular complexity index is 1750. The number of pyridine rings is 2. The number of nitrogen functional groups attached to an aromatic ring is 1. The molecule has 5 aromatic rings. The highest BCUT2D eigenvalue weighted by Crippen LogP contribution is 2.50. The molecule has 8 nitrogen and oxygen atoms in total. The molecule has 0 saturated carbocycles. The minimum absolute atomic E-state index is 0.00342. The molecular formula is C28H23ClN6O2S. The Morgan fingerprint density at radius 3 is 2.82 bits per heavy atom. The molecule has 10 heteroatoms. The molecule has 0 bridgehead atoms. The maximum Gasteiger partial charge on any atom is 0.257 e. The zero-order valence-corrected chi connectivity index (χ0v) is 22.1. The maximum absolute atomic E-state index is 13.8. The second kappa shape index (κ2) is 8.89. The van der Waals surface area contributed by atoms with Gasteiger partial charge < -0.3 is 15.1 Å². The summed E-state index contributed by atoms with van der Waals surface area (Å²) in [6.45, 7) is 2.49. The lowest BCUT2D eigenvalue weighted by Crippen LogP contribution is -2.22. The molecule has 38 heavy (non-hydrogen) atoms. The van der Waals surface area contributed by atoms with E-state index >= 15 is 0 Å². The summed E-state index contributed by atoms with van der Waals surface area (Å²) in [4.78, 5) is 26.1. The first kappa shape index (κ1) is 23.3. The van der Waals surface area contributed by atoms with Crippen molar-refractivity contribution >= 4 is 44.7 Å². The molecule has 1 atom stereocenters. The van der Waals surface area contributed by atoms with Crippen molar-refractivity contribution < 1.29 is 9.21 Å². The van der Waals surface area contributed by atoms with Crippen molar-refractivity contribution in [2.75, 3.05) is 12.3 Å². The van der Waals surface area contributed by atoms with E-state index in [0.29, 0.717) is 46.6 Å². The highest BCUT2D eigenvalue weighted by Gasteiger charge is 2.44. The number of nitrogens with two attached hydrogens (primary N) is 1. The summed E-state index contributed by atoms with van der Waals surface area (Å²) in [7, 11) is 0. The van der Waals surface area contributed by atoms with E-state index < -0.39 is 0 Å². The van der Waals surface area contributed by atoms with E-state index in [0.717, 1.165) is 56.9 Å². The average Bonchev–Trinajstić information content (AvgIpc) is 3.69. The van der Waals surface area contributed by atoms with Crippen LogP contribution in [0.25, 0.3) is 32.0 Å². The third-order valence-electron chi connectivity index (χ3n) is 7.38. The smallest absolute Gasteiger partial charge is 0.257 e. The Labute approximate surface area is 227 Å². The number of hydrogen-bond acceptors (Lipinski definition) is 8. The zero-order chi connectivity index (χ0) is 26.0. The van der Waals surface area contributed by atoms with Crippen molar-refractivity contribution in [1.82, 2.24) is 25.1 Å². The van der Waals surface area contributed by atoms with Gasteiger partial charge in [0.25, 0.3) is 5.91 Å². The van der Waals surface area contributed by atoms with E-state index in [1.165, 1.54) is 11.3 Å². The Balaban J connectivity index is 1.50. The maximum atomic E-state index is 13.8. The number of anilines is 1. The zero-order valence-electron chi connectivity index (χ0n) is 20.6. The Kier molecular flexibility index (Phi) is 5.45. The first-order chi connectivity index (χ1) is 18.5. The minimum Gasteiger partial charge on any atom is -0.421 e. The molecule has 2 N–H and O–H groups in total. The van der Waals surface area contributed by atoms with Crippen LogP contribution in [0.3, 0.4) is 0 Å². The summed E-state index contributed by atoms with van der Waals surface area (Å²) in [6.07, 6.45) is 4.84. The van der Waals surface area contributed by atoms with Gasteiger partial charge >= 0.3 is 0 Å². The third-order valence-corrected chi connectivity index (χ3v) is 8.94. The van der Waals surface area contributed by atoms with E-state index in [1.54, 1.807) is 13.1 Å². The van der Waals surface area contributed by atoms with Crippen LogP contribution in [0, 0.1) is 6.92 Å². The Morgan fingerprint density at radius 1 is 1.16 bits per heavy atom.